The number of nitrogens with zero attached hydrogens (tertiary/aromatic N) is 2. The van der Waals surface area contributed by atoms with E-state index in [-0.39, 0.29) is 17.1 Å². The number of benzene rings is 3. The molecule has 0 aliphatic carbocycles. The molecule has 3 aromatic carbocycles. The highest BCUT2D eigenvalue weighted by molar-refractivity contribution is 6.36. The Labute approximate surface area is 208 Å². The van der Waals surface area contributed by atoms with Gasteiger partial charge < -0.3 is 21.5 Å². The van der Waals surface area contributed by atoms with Gasteiger partial charge in [-0.2, -0.15) is 10.8 Å². The van der Waals surface area contributed by atoms with E-state index in [1.165, 1.54) is 24.4 Å². The van der Waals surface area contributed by atoms with Gasteiger partial charge in [-0.15, -0.1) is 0 Å². The van der Waals surface area contributed by atoms with E-state index in [2.05, 4.69) is 38.1 Å². The van der Waals surface area contributed by atoms with Crippen LogP contribution in [-0.2, 0) is 0 Å². The minimum absolute atomic E-state index is 0.184. The van der Waals surface area contributed by atoms with E-state index in [1.807, 2.05) is 0 Å². The smallest absolute Gasteiger partial charge is 0.160 e. The third-order valence-corrected chi connectivity index (χ3v) is 5.85. The van der Waals surface area contributed by atoms with Gasteiger partial charge in [0.2, 0.25) is 0 Å². The lowest BCUT2D eigenvalue weighted by molar-refractivity contribution is 0.509. The Morgan fingerprint density at radius 1 is 0.972 bits per heavy atom. The number of hydrogen-bond acceptors (Lipinski definition) is 7. The number of hydrogen-bond donors (Lipinski definition) is 5. The fourth-order valence-electron chi connectivity index (χ4n) is 3.86. The first-order valence-corrected chi connectivity index (χ1v) is 11.0. The van der Waals surface area contributed by atoms with Gasteiger partial charge in [0.1, 0.15) is 11.9 Å². The predicted octanol–water partition coefficient (Wildman–Crippen LogP) is 5.53. The summed E-state index contributed by atoms with van der Waals surface area (Å²) in [5.74, 6) is -2.38. The summed E-state index contributed by atoms with van der Waals surface area (Å²) in [6.07, 6.45) is 3.07. The molecule has 0 radical (unpaired) electrons. The van der Waals surface area contributed by atoms with Crippen molar-refractivity contribution in [2.24, 2.45) is 0 Å². The van der Waals surface area contributed by atoms with Gasteiger partial charge in [0.05, 0.1) is 33.5 Å². The van der Waals surface area contributed by atoms with Crippen molar-refractivity contribution in [2.75, 3.05) is 10.6 Å². The second-order valence-corrected chi connectivity index (χ2v) is 8.30. The second-order valence-electron chi connectivity index (χ2n) is 7.89. The van der Waals surface area contributed by atoms with Crippen LogP contribution in [-0.4, -0.2) is 4.98 Å². The highest BCUT2D eigenvalue weighted by atomic mass is 35.5. The van der Waals surface area contributed by atoms with Crippen LogP contribution in [0.5, 0.6) is 0 Å². The molecular weight excluding hydrogens is 491 g/mol. The van der Waals surface area contributed by atoms with Crippen molar-refractivity contribution in [3.63, 3.8) is 0 Å². The molecule has 1 atom stereocenters. The molecule has 0 unspecified atom stereocenters. The maximum Gasteiger partial charge on any atom is 0.160 e. The zero-order valence-electron chi connectivity index (χ0n) is 18.3. The fourth-order valence-corrected chi connectivity index (χ4v) is 4.12. The van der Waals surface area contributed by atoms with E-state index in [4.69, 9.17) is 11.6 Å². The number of halogens is 4. The van der Waals surface area contributed by atoms with E-state index in [0.717, 1.165) is 23.4 Å². The second kappa shape index (κ2) is 9.65. The number of anilines is 3. The summed E-state index contributed by atoms with van der Waals surface area (Å²) in [5.41, 5.74) is 11.8. The fraction of sp³-hybridized carbons (Fsp3) is 0.0400. The van der Waals surface area contributed by atoms with Crippen LogP contribution in [0.2, 0.25) is 5.02 Å². The van der Waals surface area contributed by atoms with Crippen molar-refractivity contribution < 1.29 is 13.2 Å². The van der Waals surface area contributed by atoms with E-state index in [0.29, 0.717) is 27.3 Å². The minimum atomic E-state index is -1.03. The van der Waals surface area contributed by atoms with Crippen LogP contribution in [0.3, 0.4) is 0 Å². The van der Waals surface area contributed by atoms with E-state index in [1.54, 1.807) is 30.5 Å². The van der Waals surface area contributed by atoms with Crippen molar-refractivity contribution in [3.05, 3.63) is 106 Å². The summed E-state index contributed by atoms with van der Waals surface area (Å²) in [5, 5.41) is 16.8. The molecule has 4 aromatic rings. The summed E-state index contributed by atoms with van der Waals surface area (Å²) in [7, 11) is 0. The van der Waals surface area contributed by atoms with Crippen LogP contribution < -0.4 is 27.0 Å². The van der Waals surface area contributed by atoms with Crippen LogP contribution in [0, 0.1) is 28.8 Å². The maximum absolute atomic E-state index is 13.8. The summed E-state index contributed by atoms with van der Waals surface area (Å²) in [6.45, 7) is 0. The molecule has 5 rings (SSSR count). The van der Waals surface area contributed by atoms with Gasteiger partial charge in [0, 0.05) is 35.2 Å². The summed E-state index contributed by atoms with van der Waals surface area (Å²) < 4.78 is 40.8. The molecule has 1 aliphatic rings. The Bertz CT molecular complexity index is 1530. The number of hydrazine groups is 2. The third kappa shape index (κ3) is 4.57. The normalized spacial score (nSPS) is 13.4. The number of nitriles is 1. The maximum atomic E-state index is 13.8. The van der Waals surface area contributed by atoms with Crippen LogP contribution in [0.1, 0.15) is 17.2 Å². The molecule has 180 valence electrons. The topological polar surface area (TPSA) is 96.8 Å². The van der Waals surface area contributed by atoms with Crippen molar-refractivity contribution in [1.82, 2.24) is 21.4 Å². The standard InChI is InChI=1S/C25H17ClF3N7/c26-19-8-17(34-24(22-12-32-36-35-22)13-1-3-15(27)4-2-13)7-18-23(14(10-30)11-31-25(18)19)33-16-5-6-20(28)21(29)9-16/h1-9,11-12,24,32,34-36H,(H,31,33)/t24-/m0/s1. The SMILES string of the molecule is N#Cc1cnc2c(Cl)cc(N[C@H](C3=CNNN3)c3ccc(F)cc3)cc2c1Nc1ccc(F)c(F)c1. The lowest BCUT2D eigenvalue weighted by Crippen LogP contribution is -2.33. The quantitative estimate of drug-likeness (QED) is 0.234. The molecule has 5 N–H and O–H groups in total. The average molecular weight is 508 g/mol. The van der Waals surface area contributed by atoms with Gasteiger partial charge >= 0.3 is 0 Å². The number of nitrogens with one attached hydrogen (secondary N) is 5. The van der Waals surface area contributed by atoms with E-state index < -0.39 is 17.7 Å². The lowest BCUT2D eigenvalue weighted by atomic mass is 10.0. The van der Waals surface area contributed by atoms with Crippen LogP contribution in [0.25, 0.3) is 10.9 Å². The molecule has 36 heavy (non-hydrogen) atoms. The summed E-state index contributed by atoms with van der Waals surface area (Å²) >= 11 is 6.56. The van der Waals surface area contributed by atoms with Crippen LogP contribution >= 0.6 is 11.6 Å². The van der Waals surface area contributed by atoms with Crippen molar-refractivity contribution in [1.29, 1.82) is 5.26 Å². The summed E-state index contributed by atoms with van der Waals surface area (Å²) in [6, 6.07) is 14.4. The molecule has 0 saturated heterocycles. The Hall–Kier alpha value is -4.46. The molecule has 0 saturated carbocycles. The number of rotatable bonds is 6. The predicted molar refractivity (Wildman–Crippen MR) is 131 cm³/mol. The number of aromatic nitrogens is 1. The van der Waals surface area contributed by atoms with Crippen molar-refractivity contribution in [3.8, 4) is 6.07 Å². The zero-order chi connectivity index (χ0) is 25.2. The molecule has 1 aromatic heterocycles. The first-order chi connectivity index (χ1) is 17.4. The summed E-state index contributed by atoms with van der Waals surface area (Å²) in [4.78, 5) is 4.31. The monoisotopic (exact) mass is 507 g/mol. The molecule has 1 aliphatic heterocycles. The number of pyridine rings is 1. The van der Waals surface area contributed by atoms with Gasteiger partial charge in [0.25, 0.3) is 0 Å². The zero-order valence-corrected chi connectivity index (χ0v) is 19.1. The van der Waals surface area contributed by atoms with Crippen LogP contribution in [0.4, 0.5) is 30.2 Å². The molecule has 11 heteroatoms. The Morgan fingerprint density at radius 3 is 2.47 bits per heavy atom. The first-order valence-electron chi connectivity index (χ1n) is 10.7. The molecule has 7 nitrogen and oxygen atoms in total. The largest absolute Gasteiger partial charge is 0.373 e. The Morgan fingerprint density at radius 2 is 1.78 bits per heavy atom. The lowest BCUT2D eigenvalue weighted by Gasteiger charge is -2.22. The van der Waals surface area contributed by atoms with Gasteiger partial charge in [-0.25, -0.2) is 13.2 Å². The third-order valence-electron chi connectivity index (χ3n) is 5.57. The van der Waals surface area contributed by atoms with Gasteiger partial charge in [0.15, 0.2) is 11.6 Å². The molecule has 0 fully saturated rings. The van der Waals surface area contributed by atoms with Crippen molar-refractivity contribution >= 4 is 39.6 Å². The number of fused-ring (bicyclic) bond motifs is 1. The van der Waals surface area contributed by atoms with E-state index >= 15 is 0 Å². The van der Waals surface area contributed by atoms with Gasteiger partial charge in [-0.05, 0) is 42.0 Å². The Balaban J connectivity index is 1.59. The highest BCUT2D eigenvalue weighted by Crippen LogP contribution is 2.36. The first kappa shape index (κ1) is 23.3. The molecular formula is C25H17ClF3N7. The average Bonchev–Trinajstić information content (AvgIpc) is 3.40. The van der Waals surface area contributed by atoms with E-state index in [9.17, 15) is 18.4 Å². The van der Waals surface area contributed by atoms with Gasteiger partial charge in [-0.3, -0.25) is 4.98 Å². The molecule has 0 spiro atoms. The molecule has 2 heterocycles. The van der Waals surface area contributed by atoms with Gasteiger partial charge in [-0.1, -0.05) is 23.7 Å². The molecule has 0 bridgehead atoms. The van der Waals surface area contributed by atoms with Crippen molar-refractivity contribution in [2.45, 2.75) is 6.04 Å². The highest BCUT2D eigenvalue weighted by Gasteiger charge is 2.21. The van der Waals surface area contributed by atoms with Crippen LogP contribution in [0.15, 0.2) is 72.7 Å². The minimum Gasteiger partial charge on any atom is -0.373 e. The Kier molecular flexibility index (Phi) is 6.25. The molecule has 0 amide bonds.